The van der Waals surface area contributed by atoms with E-state index in [-0.39, 0.29) is 5.69 Å². The maximum absolute atomic E-state index is 11.8. The molecule has 0 radical (unpaired) electrons. The number of anilines is 1. The van der Waals surface area contributed by atoms with E-state index in [1.807, 2.05) is 4.90 Å². The predicted octanol–water partition coefficient (Wildman–Crippen LogP) is 3.81. The number of non-ortho nitro benzene ring substituents is 1. The number of amidine groups is 1. The highest BCUT2D eigenvalue weighted by Gasteiger charge is 2.54. The maximum atomic E-state index is 11.8. The Kier molecular flexibility index (Phi) is 4.89. The highest BCUT2D eigenvalue weighted by molar-refractivity contribution is 5.97. The summed E-state index contributed by atoms with van der Waals surface area (Å²) < 4.78 is 2.28. The van der Waals surface area contributed by atoms with Gasteiger partial charge in [-0.2, -0.15) is 4.90 Å². The molecule has 6 nitrogen and oxygen atoms in total. The lowest BCUT2D eigenvalue weighted by molar-refractivity contribution is -0.534. The Morgan fingerprint density at radius 2 is 1.82 bits per heavy atom. The molecule has 0 saturated heterocycles. The summed E-state index contributed by atoms with van der Waals surface area (Å²) in [6.45, 7) is 3.52. The van der Waals surface area contributed by atoms with Crippen LogP contribution in [0, 0.1) is 10.1 Å². The average molecular weight is 380 g/mol. The van der Waals surface area contributed by atoms with Gasteiger partial charge in [0.1, 0.15) is 5.69 Å². The predicted molar refractivity (Wildman–Crippen MR) is 109 cm³/mol. The number of aliphatic hydroxyl groups is 1. The van der Waals surface area contributed by atoms with Crippen molar-refractivity contribution in [1.82, 2.24) is 0 Å². The number of nitrogens with zero attached hydrogens (tertiary/aromatic N) is 3. The number of benzene rings is 2. The largest absolute Gasteiger partial charge is 0.346 e. The Morgan fingerprint density at radius 3 is 2.46 bits per heavy atom. The molecule has 2 heterocycles. The van der Waals surface area contributed by atoms with E-state index in [2.05, 4.69) is 35.8 Å². The molecule has 2 aliphatic rings. The van der Waals surface area contributed by atoms with Crippen LogP contribution in [0.3, 0.4) is 0 Å². The number of rotatable bonds is 4. The minimum absolute atomic E-state index is 0.0337. The van der Waals surface area contributed by atoms with Gasteiger partial charge >= 0.3 is 0 Å². The molecule has 2 aromatic rings. The number of aryl methyl sites for hydroxylation is 1. The van der Waals surface area contributed by atoms with Crippen LogP contribution in [0.4, 0.5) is 11.4 Å². The summed E-state index contributed by atoms with van der Waals surface area (Å²) >= 11 is 0. The third kappa shape index (κ3) is 3.18. The Balaban J connectivity index is 1.79. The van der Waals surface area contributed by atoms with E-state index in [0.29, 0.717) is 12.1 Å². The molecule has 28 heavy (non-hydrogen) atoms. The number of hydrogen-bond acceptors (Lipinski definition) is 4. The van der Waals surface area contributed by atoms with Crippen LogP contribution in [0.2, 0.25) is 0 Å². The third-order valence-corrected chi connectivity index (χ3v) is 5.88. The van der Waals surface area contributed by atoms with Crippen LogP contribution in [-0.4, -0.2) is 33.5 Å². The smallest absolute Gasteiger partial charge is 0.275 e. The Hall–Kier alpha value is -2.73. The summed E-state index contributed by atoms with van der Waals surface area (Å²) in [4.78, 5) is 12.7. The standard InChI is InChI=1S/C22H26N3O3/c1-2-17-7-11-19(12-8-17)24-21-6-4-3-5-15-23(21)16-22(24,26)18-9-13-20(14-10-18)25(27)28/h7-14,26H,2-6,15-16H2,1H3/q+1/t22-/m1/s1. The molecule has 0 fully saturated rings. The summed E-state index contributed by atoms with van der Waals surface area (Å²) in [5.74, 6) is 1.14. The molecule has 146 valence electrons. The summed E-state index contributed by atoms with van der Waals surface area (Å²) in [7, 11) is 0. The lowest BCUT2D eigenvalue weighted by Crippen LogP contribution is -2.47. The van der Waals surface area contributed by atoms with Crippen LogP contribution < -0.4 is 4.90 Å². The molecular weight excluding hydrogens is 354 g/mol. The first-order chi connectivity index (χ1) is 13.5. The van der Waals surface area contributed by atoms with Crippen molar-refractivity contribution in [3.63, 3.8) is 0 Å². The third-order valence-electron chi connectivity index (χ3n) is 5.88. The van der Waals surface area contributed by atoms with Gasteiger partial charge in [0.2, 0.25) is 0 Å². The summed E-state index contributed by atoms with van der Waals surface area (Å²) in [6, 6.07) is 14.6. The molecule has 6 heteroatoms. The van der Waals surface area contributed by atoms with Gasteiger partial charge in [0.05, 0.1) is 11.5 Å². The van der Waals surface area contributed by atoms with Gasteiger partial charge < -0.3 is 5.11 Å². The second-order valence-electron chi connectivity index (χ2n) is 7.62. The normalized spacial score (nSPS) is 22.1. The molecular formula is C22H26N3O3+. The molecule has 1 atom stereocenters. The molecule has 2 aromatic carbocycles. The Morgan fingerprint density at radius 1 is 1.11 bits per heavy atom. The monoisotopic (exact) mass is 380 g/mol. The van der Waals surface area contributed by atoms with E-state index in [1.54, 1.807) is 12.1 Å². The van der Waals surface area contributed by atoms with Crippen molar-refractivity contribution in [1.29, 1.82) is 0 Å². The zero-order chi connectivity index (χ0) is 19.7. The lowest BCUT2D eigenvalue weighted by atomic mass is 9.99. The highest BCUT2D eigenvalue weighted by Crippen LogP contribution is 2.38. The van der Waals surface area contributed by atoms with Crippen LogP contribution in [0.5, 0.6) is 0 Å². The van der Waals surface area contributed by atoms with E-state index in [4.69, 9.17) is 0 Å². The van der Waals surface area contributed by atoms with Crippen LogP contribution >= 0.6 is 0 Å². The van der Waals surface area contributed by atoms with Crippen LogP contribution in [0.25, 0.3) is 0 Å². The van der Waals surface area contributed by atoms with Gasteiger partial charge in [-0.25, -0.2) is 0 Å². The fraction of sp³-hybridized carbons (Fsp3) is 0.409. The molecule has 4 rings (SSSR count). The average Bonchev–Trinajstić information content (AvgIpc) is 2.84. The van der Waals surface area contributed by atoms with Gasteiger partial charge in [0.15, 0.2) is 6.54 Å². The van der Waals surface area contributed by atoms with E-state index in [9.17, 15) is 15.2 Å². The van der Waals surface area contributed by atoms with Gasteiger partial charge in [0, 0.05) is 24.1 Å². The number of hydrogen-bond donors (Lipinski definition) is 1. The molecule has 0 amide bonds. The maximum Gasteiger partial charge on any atom is 0.275 e. The second kappa shape index (κ2) is 7.36. The van der Waals surface area contributed by atoms with Crippen molar-refractivity contribution < 1.29 is 14.6 Å². The molecule has 1 N–H and O–H groups in total. The zero-order valence-electron chi connectivity index (χ0n) is 16.2. The molecule has 2 aliphatic heterocycles. The van der Waals surface area contributed by atoms with Crippen molar-refractivity contribution in [3.05, 3.63) is 69.8 Å². The van der Waals surface area contributed by atoms with E-state index < -0.39 is 10.6 Å². The molecule has 0 aromatic heterocycles. The van der Waals surface area contributed by atoms with Crippen molar-refractivity contribution in [2.75, 3.05) is 18.0 Å². The molecule has 0 spiro atoms. The van der Waals surface area contributed by atoms with Gasteiger partial charge in [-0.1, -0.05) is 19.1 Å². The van der Waals surface area contributed by atoms with Crippen LogP contribution in [0.1, 0.15) is 43.7 Å². The van der Waals surface area contributed by atoms with Gasteiger partial charge in [-0.15, -0.1) is 0 Å². The molecule has 0 bridgehead atoms. The summed E-state index contributed by atoms with van der Waals surface area (Å²) in [5.41, 5.74) is 1.68. The minimum atomic E-state index is -1.24. The van der Waals surface area contributed by atoms with E-state index in [0.717, 1.165) is 43.8 Å². The second-order valence-corrected chi connectivity index (χ2v) is 7.62. The summed E-state index contributed by atoms with van der Waals surface area (Å²) in [5, 5.41) is 22.9. The van der Waals surface area contributed by atoms with Gasteiger partial charge in [-0.3, -0.25) is 14.7 Å². The van der Waals surface area contributed by atoms with E-state index in [1.165, 1.54) is 24.1 Å². The first-order valence-corrected chi connectivity index (χ1v) is 10.00. The van der Waals surface area contributed by atoms with Crippen molar-refractivity contribution in [2.45, 2.75) is 44.8 Å². The van der Waals surface area contributed by atoms with Crippen LogP contribution in [-0.2, 0) is 12.1 Å². The molecule has 0 aliphatic carbocycles. The molecule has 0 unspecified atom stereocenters. The number of nitro groups is 1. The minimum Gasteiger partial charge on any atom is -0.346 e. The Bertz CT molecular complexity index is 906. The fourth-order valence-electron chi connectivity index (χ4n) is 4.34. The number of nitro benzene ring substituents is 1. The fourth-order valence-corrected chi connectivity index (χ4v) is 4.34. The van der Waals surface area contributed by atoms with Gasteiger partial charge in [-0.05, 0) is 55.5 Å². The zero-order valence-corrected chi connectivity index (χ0v) is 16.2. The summed E-state index contributed by atoms with van der Waals surface area (Å²) in [6.07, 6.45) is 5.30. The molecule has 0 saturated carbocycles. The highest BCUT2D eigenvalue weighted by atomic mass is 16.6. The first-order valence-electron chi connectivity index (χ1n) is 10.00. The van der Waals surface area contributed by atoms with Crippen molar-refractivity contribution >= 4 is 17.2 Å². The topological polar surface area (TPSA) is 69.6 Å². The Labute approximate surface area is 164 Å². The SMILES string of the molecule is CCc1ccc(N2C3=[N+](CCCCC3)C[C@@]2(O)c2ccc([N+](=O)[O-])cc2)cc1. The van der Waals surface area contributed by atoms with E-state index >= 15 is 0 Å². The first kappa shape index (κ1) is 18.6. The van der Waals surface area contributed by atoms with Crippen LogP contribution in [0.15, 0.2) is 48.5 Å². The van der Waals surface area contributed by atoms with Crippen molar-refractivity contribution in [3.8, 4) is 0 Å². The quantitative estimate of drug-likeness (QED) is 0.497. The van der Waals surface area contributed by atoms with Gasteiger partial charge in [0.25, 0.3) is 17.2 Å². The van der Waals surface area contributed by atoms with Crippen molar-refractivity contribution in [2.24, 2.45) is 0 Å². The lowest BCUT2D eigenvalue weighted by Gasteiger charge is -2.29.